The molecule has 0 saturated heterocycles. The van der Waals surface area contributed by atoms with E-state index in [9.17, 15) is 19.3 Å². The molecule has 1 amide bonds. The van der Waals surface area contributed by atoms with Crippen LogP contribution in [0.3, 0.4) is 0 Å². The first-order chi connectivity index (χ1) is 13.5. The van der Waals surface area contributed by atoms with E-state index in [-0.39, 0.29) is 22.9 Å². The first-order valence-corrected chi connectivity index (χ1v) is 8.85. The van der Waals surface area contributed by atoms with Gasteiger partial charge in [-0.3, -0.25) is 14.9 Å². The van der Waals surface area contributed by atoms with Crippen molar-refractivity contribution < 1.29 is 14.1 Å². The third-order valence-electron chi connectivity index (χ3n) is 4.43. The Kier molecular flexibility index (Phi) is 5.49. The molecular weight excluding hydrogens is 363 g/mol. The lowest BCUT2D eigenvalue weighted by molar-refractivity contribution is -0.384. The van der Waals surface area contributed by atoms with Gasteiger partial charge in [0.05, 0.1) is 16.3 Å². The number of aromatic nitrogens is 2. The highest BCUT2D eigenvalue weighted by Crippen LogP contribution is 2.25. The summed E-state index contributed by atoms with van der Waals surface area (Å²) in [5, 5.41) is 15.3. The highest BCUT2D eigenvalue weighted by atomic mass is 19.1. The molecule has 3 rings (SSSR count). The quantitative estimate of drug-likeness (QED) is 0.475. The number of carbonyl (C=O) groups excluding carboxylic acids is 1. The zero-order chi connectivity index (χ0) is 20.3. The smallest absolute Gasteiger partial charge is 0.272 e. The molecule has 2 aromatic carbocycles. The highest BCUT2D eigenvalue weighted by molar-refractivity contribution is 5.94. The first-order valence-electron chi connectivity index (χ1n) is 8.85. The van der Waals surface area contributed by atoms with Crippen molar-refractivity contribution in [3.8, 4) is 16.9 Å². The number of nitrogens with zero attached hydrogens (tertiary/aromatic N) is 4. The molecule has 0 bridgehead atoms. The molecule has 0 saturated carbocycles. The van der Waals surface area contributed by atoms with Crippen molar-refractivity contribution in [3.05, 3.63) is 76.2 Å². The van der Waals surface area contributed by atoms with Gasteiger partial charge in [0.1, 0.15) is 11.5 Å². The third-order valence-corrected chi connectivity index (χ3v) is 4.43. The second-order valence-corrected chi connectivity index (χ2v) is 6.06. The number of hydrogen-bond donors (Lipinski definition) is 0. The average Bonchev–Trinajstić information content (AvgIpc) is 3.14. The summed E-state index contributed by atoms with van der Waals surface area (Å²) in [6, 6.07) is 13.4. The van der Waals surface area contributed by atoms with Gasteiger partial charge in [-0.15, -0.1) is 0 Å². The minimum Gasteiger partial charge on any atom is -0.338 e. The summed E-state index contributed by atoms with van der Waals surface area (Å²) in [5.41, 5.74) is 1.25. The lowest BCUT2D eigenvalue weighted by Crippen LogP contribution is -2.32. The van der Waals surface area contributed by atoms with E-state index >= 15 is 0 Å². The summed E-state index contributed by atoms with van der Waals surface area (Å²) < 4.78 is 15.6. The van der Waals surface area contributed by atoms with E-state index in [1.807, 2.05) is 13.8 Å². The van der Waals surface area contributed by atoms with Gasteiger partial charge in [0.15, 0.2) is 0 Å². The van der Waals surface area contributed by atoms with Crippen molar-refractivity contribution in [2.75, 3.05) is 13.1 Å². The fourth-order valence-corrected chi connectivity index (χ4v) is 2.92. The monoisotopic (exact) mass is 382 g/mol. The van der Waals surface area contributed by atoms with Crippen LogP contribution in [0.2, 0.25) is 0 Å². The summed E-state index contributed by atoms with van der Waals surface area (Å²) in [6.45, 7) is 4.75. The molecule has 0 spiro atoms. The van der Waals surface area contributed by atoms with Gasteiger partial charge < -0.3 is 4.90 Å². The van der Waals surface area contributed by atoms with Crippen LogP contribution in [0.5, 0.6) is 0 Å². The number of hydrogen-bond acceptors (Lipinski definition) is 4. The lowest BCUT2D eigenvalue weighted by atomic mass is 10.1. The number of amides is 1. The molecule has 0 fully saturated rings. The van der Waals surface area contributed by atoms with Crippen molar-refractivity contribution in [1.82, 2.24) is 14.7 Å². The summed E-state index contributed by atoms with van der Waals surface area (Å²) in [5.74, 6) is -0.698. The molecule has 0 atom stereocenters. The van der Waals surface area contributed by atoms with Crippen LogP contribution in [0.1, 0.15) is 24.3 Å². The fraction of sp³-hybridized carbons (Fsp3) is 0.200. The molecule has 0 aliphatic carbocycles. The van der Waals surface area contributed by atoms with Crippen LogP contribution < -0.4 is 0 Å². The minimum atomic E-state index is -0.500. The molecule has 28 heavy (non-hydrogen) atoms. The van der Waals surface area contributed by atoms with E-state index in [0.717, 1.165) is 0 Å². The van der Waals surface area contributed by atoms with Gasteiger partial charge in [-0.25, -0.2) is 9.07 Å². The van der Waals surface area contributed by atoms with Crippen molar-refractivity contribution in [2.24, 2.45) is 0 Å². The van der Waals surface area contributed by atoms with E-state index in [2.05, 4.69) is 5.10 Å². The normalized spacial score (nSPS) is 10.7. The molecule has 7 nitrogen and oxygen atoms in total. The highest BCUT2D eigenvalue weighted by Gasteiger charge is 2.22. The van der Waals surface area contributed by atoms with E-state index < -0.39 is 10.7 Å². The maximum atomic E-state index is 14.2. The summed E-state index contributed by atoms with van der Waals surface area (Å²) in [4.78, 5) is 25.0. The second kappa shape index (κ2) is 7.99. The Morgan fingerprint density at radius 3 is 2.36 bits per heavy atom. The Morgan fingerprint density at radius 1 is 1.14 bits per heavy atom. The van der Waals surface area contributed by atoms with Crippen LogP contribution in [0.15, 0.2) is 54.6 Å². The molecule has 3 aromatic rings. The average molecular weight is 382 g/mol. The van der Waals surface area contributed by atoms with Gasteiger partial charge >= 0.3 is 0 Å². The van der Waals surface area contributed by atoms with Crippen molar-refractivity contribution in [3.63, 3.8) is 0 Å². The van der Waals surface area contributed by atoms with Gasteiger partial charge in [0.2, 0.25) is 0 Å². The minimum absolute atomic E-state index is 0.0677. The number of nitro groups is 1. The van der Waals surface area contributed by atoms with Crippen LogP contribution in [0.25, 0.3) is 16.9 Å². The van der Waals surface area contributed by atoms with Crippen LogP contribution in [0, 0.1) is 15.9 Å². The molecule has 8 heteroatoms. The van der Waals surface area contributed by atoms with Gasteiger partial charge in [-0.2, -0.15) is 5.10 Å². The molecular formula is C20H19FN4O3. The topological polar surface area (TPSA) is 81.3 Å². The second-order valence-electron chi connectivity index (χ2n) is 6.06. The van der Waals surface area contributed by atoms with Crippen LogP contribution in [-0.4, -0.2) is 38.6 Å². The van der Waals surface area contributed by atoms with Gasteiger partial charge in [0.25, 0.3) is 11.6 Å². The molecule has 0 N–H and O–H groups in total. The van der Waals surface area contributed by atoms with Crippen LogP contribution >= 0.6 is 0 Å². The SMILES string of the molecule is CCN(CC)C(=O)c1cc(-c2ccccc2F)nn1-c1ccc([N+](=O)[O-])cc1. The standard InChI is InChI=1S/C20H19FN4O3/c1-3-23(4-2)20(26)19-13-18(16-7-5-6-8-17(16)21)22-24(19)14-9-11-15(12-10-14)25(27)28/h5-13H,3-4H2,1-2H3. The van der Waals surface area contributed by atoms with Crippen molar-refractivity contribution >= 4 is 11.6 Å². The number of carbonyl (C=O) groups is 1. The van der Waals surface area contributed by atoms with Crippen molar-refractivity contribution in [2.45, 2.75) is 13.8 Å². The van der Waals surface area contributed by atoms with E-state index in [1.54, 1.807) is 29.2 Å². The maximum Gasteiger partial charge on any atom is 0.272 e. The molecule has 0 unspecified atom stereocenters. The summed E-state index contributed by atoms with van der Waals surface area (Å²) in [7, 11) is 0. The van der Waals surface area contributed by atoms with Gasteiger partial charge in [-0.1, -0.05) is 12.1 Å². The largest absolute Gasteiger partial charge is 0.338 e. The third kappa shape index (κ3) is 3.62. The summed E-state index contributed by atoms with van der Waals surface area (Å²) >= 11 is 0. The molecule has 0 aliphatic rings. The predicted molar refractivity (Wildman–Crippen MR) is 103 cm³/mol. The molecule has 0 radical (unpaired) electrons. The predicted octanol–water partition coefficient (Wildman–Crippen LogP) is 4.07. The number of nitro benzene ring substituents is 1. The van der Waals surface area contributed by atoms with Gasteiger partial charge in [-0.05, 0) is 44.2 Å². The Balaban J connectivity index is 2.15. The van der Waals surface area contributed by atoms with Crippen LogP contribution in [0.4, 0.5) is 10.1 Å². The Bertz CT molecular complexity index is 1010. The first kappa shape index (κ1) is 19.2. The number of halogens is 1. The fourth-order valence-electron chi connectivity index (χ4n) is 2.92. The van der Waals surface area contributed by atoms with Gasteiger partial charge in [0, 0.05) is 30.8 Å². The number of rotatable bonds is 6. The zero-order valence-electron chi connectivity index (χ0n) is 15.5. The molecule has 0 aliphatic heterocycles. The van der Waals surface area contributed by atoms with Crippen LogP contribution in [-0.2, 0) is 0 Å². The molecule has 144 valence electrons. The van der Waals surface area contributed by atoms with E-state index in [0.29, 0.717) is 24.5 Å². The number of non-ortho nitro benzene ring substituents is 1. The maximum absolute atomic E-state index is 14.2. The Labute approximate surface area is 161 Å². The zero-order valence-corrected chi connectivity index (χ0v) is 15.5. The van der Waals surface area contributed by atoms with Crippen molar-refractivity contribution in [1.29, 1.82) is 0 Å². The molecule has 1 heterocycles. The Morgan fingerprint density at radius 2 is 1.79 bits per heavy atom. The molecule has 1 aromatic heterocycles. The van der Waals surface area contributed by atoms with E-state index in [1.165, 1.54) is 35.0 Å². The van der Waals surface area contributed by atoms with E-state index in [4.69, 9.17) is 0 Å². The Hall–Kier alpha value is -3.55. The lowest BCUT2D eigenvalue weighted by Gasteiger charge is -2.19. The summed E-state index contributed by atoms with van der Waals surface area (Å²) in [6.07, 6.45) is 0. The number of benzene rings is 2.